The number of anilines is 1. The number of ether oxygens (including phenoxy) is 2. The van der Waals surface area contributed by atoms with Gasteiger partial charge in [0, 0.05) is 14.1 Å². The molecular formula is C26H35ClFN6O6PS. The molecule has 42 heavy (non-hydrogen) atoms. The van der Waals surface area contributed by atoms with E-state index in [1.807, 2.05) is 14.1 Å². The van der Waals surface area contributed by atoms with Gasteiger partial charge in [0.05, 0.1) is 24.9 Å². The first-order chi connectivity index (χ1) is 19.8. The topological polar surface area (TPSA) is 133 Å². The molecule has 0 unspecified atom stereocenters. The Labute approximate surface area is 253 Å². The van der Waals surface area contributed by atoms with Crippen LogP contribution in [0.15, 0.2) is 36.7 Å². The molecule has 1 saturated heterocycles. The Morgan fingerprint density at radius 3 is 2.62 bits per heavy atom. The van der Waals surface area contributed by atoms with Gasteiger partial charge in [-0.2, -0.15) is 0 Å². The van der Waals surface area contributed by atoms with Crippen LogP contribution in [-0.4, -0.2) is 87.2 Å². The molecule has 0 amide bonds. The van der Waals surface area contributed by atoms with Crippen molar-refractivity contribution in [2.75, 3.05) is 31.5 Å². The van der Waals surface area contributed by atoms with Crippen LogP contribution < -0.4 is 14.5 Å². The van der Waals surface area contributed by atoms with Gasteiger partial charge in [0.1, 0.15) is 29.3 Å². The number of halogens is 2. The molecule has 0 aliphatic carbocycles. The molecule has 0 spiro atoms. The molecule has 2 aromatic heterocycles. The first-order valence-electron chi connectivity index (χ1n) is 13.2. The molecule has 6 atom stereocenters. The number of carbonyl (C=O) groups excluding carboxylic acids is 1. The number of aryl methyl sites for hydroxylation is 1. The minimum absolute atomic E-state index is 0.328. The minimum atomic E-state index is -3.53. The zero-order chi connectivity index (χ0) is 30.8. The monoisotopic (exact) mass is 644 g/mol. The number of esters is 1. The Balaban J connectivity index is 1.62. The summed E-state index contributed by atoms with van der Waals surface area (Å²) in [7, 11) is 3.62. The van der Waals surface area contributed by atoms with Crippen molar-refractivity contribution in [2.45, 2.75) is 63.9 Å². The Morgan fingerprint density at radius 1 is 1.31 bits per heavy atom. The van der Waals surface area contributed by atoms with E-state index in [0.29, 0.717) is 28.6 Å². The van der Waals surface area contributed by atoms with Crippen LogP contribution in [0.5, 0.6) is 5.75 Å². The number of alkyl halides is 2. The van der Waals surface area contributed by atoms with Crippen LogP contribution in [0, 0.1) is 6.92 Å². The number of aromatic nitrogens is 4. The third-order valence-corrected chi connectivity index (χ3v) is 9.34. The van der Waals surface area contributed by atoms with Crippen molar-refractivity contribution in [1.29, 1.82) is 0 Å². The highest BCUT2D eigenvalue weighted by molar-refractivity contribution is 8.09. The summed E-state index contributed by atoms with van der Waals surface area (Å²) in [5, 5.41) is 14.0. The Kier molecular flexibility index (Phi) is 10.1. The predicted octanol–water partition coefficient (Wildman–Crippen LogP) is 3.66. The normalized spacial score (nSPS) is 24.5. The maximum absolute atomic E-state index is 15.8. The molecule has 1 aliphatic rings. The van der Waals surface area contributed by atoms with E-state index in [4.69, 9.17) is 41.9 Å². The van der Waals surface area contributed by atoms with Crippen molar-refractivity contribution in [3.63, 3.8) is 0 Å². The van der Waals surface area contributed by atoms with Gasteiger partial charge in [0.25, 0.3) is 0 Å². The zero-order valence-corrected chi connectivity index (χ0v) is 26.6. The van der Waals surface area contributed by atoms with E-state index >= 15 is 4.39 Å². The summed E-state index contributed by atoms with van der Waals surface area (Å²) < 4.78 is 40.7. The second kappa shape index (κ2) is 13.0. The van der Waals surface area contributed by atoms with Gasteiger partial charge >= 0.3 is 12.6 Å². The molecule has 3 aromatic rings. The maximum atomic E-state index is 15.8. The van der Waals surface area contributed by atoms with Gasteiger partial charge in [-0.25, -0.2) is 24.4 Å². The molecule has 0 saturated carbocycles. The van der Waals surface area contributed by atoms with Crippen molar-refractivity contribution in [2.24, 2.45) is 0 Å². The van der Waals surface area contributed by atoms with Crippen LogP contribution in [-0.2, 0) is 30.6 Å². The lowest BCUT2D eigenvalue weighted by atomic mass is 9.99. The fourth-order valence-electron chi connectivity index (χ4n) is 4.33. The molecule has 12 nitrogen and oxygen atoms in total. The van der Waals surface area contributed by atoms with Crippen molar-refractivity contribution in [3.05, 3.63) is 42.5 Å². The van der Waals surface area contributed by atoms with Gasteiger partial charge in [0.2, 0.25) is 0 Å². The molecule has 16 heteroatoms. The Morgan fingerprint density at radius 2 is 2.00 bits per heavy atom. The number of carbonyl (C=O) groups is 1. The number of hydrogen-bond donors (Lipinski definition) is 2. The number of fused-ring (bicyclic) bond motifs is 1. The minimum Gasteiger partial charge on any atom is -0.462 e. The smallest absolute Gasteiger partial charge is 0.323 e. The summed E-state index contributed by atoms with van der Waals surface area (Å²) in [4.78, 5) is 27.6. The van der Waals surface area contributed by atoms with Crippen LogP contribution in [0.1, 0.15) is 32.8 Å². The molecule has 1 aromatic carbocycles. The first-order valence-corrected chi connectivity index (χ1v) is 16.4. The lowest BCUT2D eigenvalue weighted by Crippen LogP contribution is -2.48. The van der Waals surface area contributed by atoms with Crippen molar-refractivity contribution in [3.8, 4) is 5.75 Å². The number of nitrogens with one attached hydrogen (secondary N) is 1. The summed E-state index contributed by atoms with van der Waals surface area (Å²) in [6, 6.07) is 7.73. The van der Waals surface area contributed by atoms with Crippen LogP contribution in [0.4, 0.5) is 10.2 Å². The molecular weight excluding hydrogens is 610 g/mol. The van der Waals surface area contributed by atoms with E-state index in [9.17, 15) is 9.90 Å². The highest BCUT2D eigenvalue weighted by Crippen LogP contribution is 2.49. The van der Waals surface area contributed by atoms with E-state index in [0.717, 1.165) is 0 Å². The number of nitrogens with zero attached hydrogens (tertiary/aromatic N) is 5. The van der Waals surface area contributed by atoms with Gasteiger partial charge in [-0.1, -0.05) is 18.2 Å². The first kappa shape index (κ1) is 32.5. The fourth-order valence-corrected chi connectivity index (χ4v) is 7.07. The SMILES string of the molecule is Cc1nc(N(C)C)c2ncn([C@@H]3O[C@](CCl)(CO[P@](=S)(N[C@H](C)C(=O)OC(C)C)Oc4ccccc4)[C@@H](O)[C@H]3F)c2n1. The van der Waals surface area contributed by atoms with Gasteiger partial charge in [0.15, 0.2) is 29.4 Å². The zero-order valence-electron chi connectivity index (χ0n) is 24.1. The van der Waals surface area contributed by atoms with Gasteiger partial charge in [-0.3, -0.25) is 9.36 Å². The molecule has 1 fully saturated rings. The fraction of sp³-hybridized carbons (Fsp3) is 0.538. The van der Waals surface area contributed by atoms with Crippen LogP contribution in [0.2, 0.25) is 0 Å². The van der Waals surface area contributed by atoms with E-state index in [2.05, 4.69) is 20.0 Å². The van der Waals surface area contributed by atoms with E-state index in [-0.39, 0.29) is 12.0 Å². The lowest BCUT2D eigenvalue weighted by molar-refractivity contribution is -0.149. The molecule has 0 bridgehead atoms. The summed E-state index contributed by atoms with van der Waals surface area (Å²) in [5.74, 6) is 0.466. The second-order valence-electron chi connectivity index (χ2n) is 10.4. The lowest BCUT2D eigenvalue weighted by Gasteiger charge is -2.33. The third kappa shape index (κ3) is 6.85. The van der Waals surface area contributed by atoms with Crippen molar-refractivity contribution < 1.29 is 32.8 Å². The highest BCUT2D eigenvalue weighted by Gasteiger charge is 2.57. The average molecular weight is 645 g/mol. The summed E-state index contributed by atoms with van der Waals surface area (Å²) in [5.41, 5.74) is -0.968. The maximum Gasteiger partial charge on any atom is 0.323 e. The number of imidazole rings is 1. The number of aliphatic hydroxyl groups excluding tert-OH is 1. The number of benzene rings is 1. The van der Waals surface area contributed by atoms with Gasteiger partial charge < -0.3 is 28.5 Å². The summed E-state index contributed by atoms with van der Waals surface area (Å²) >= 11 is 12.1. The molecule has 230 valence electrons. The van der Waals surface area contributed by atoms with Crippen LogP contribution in [0.3, 0.4) is 0 Å². The molecule has 1 aliphatic heterocycles. The van der Waals surface area contributed by atoms with Gasteiger partial charge in [-0.15, -0.1) is 11.6 Å². The largest absolute Gasteiger partial charge is 0.462 e. The van der Waals surface area contributed by atoms with Crippen LogP contribution in [0.25, 0.3) is 11.2 Å². The average Bonchev–Trinajstić information content (AvgIpc) is 3.45. The summed E-state index contributed by atoms with van der Waals surface area (Å²) in [6.07, 6.45) is -3.94. The van der Waals surface area contributed by atoms with Crippen molar-refractivity contribution >= 4 is 53.0 Å². The standard InChI is InChI=1S/C26H35ClFN6O6PS/c1-15(2)38-25(36)16(3)32-41(42,40-18-10-8-7-9-11-18)37-13-26(12-27)21(35)19(28)24(39-26)34-14-29-20-22(33(5)6)30-17(4)31-23(20)34/h7-11,14-16,19,21,24,35H,12-13H2,1-6H3,(H,32,42)/t16-,19-,21+,24-,26-,41-/m1/s1. The number of para-hydroxylation sites is 1. The number of hydrogen-bond acceptors (Lipinski definition) is 11. The van der Waals surface area contributed by atoms with Crippen LogP contribution >= 0.6 is 18.2 Å². The van der Waals surface area contributed by atoms with E-state index in [1.54, 1.807) is 62.9 Å². The molecule has 0 radical (unpaired) electrons. The summed E-state index contributed by atoms with van der Waals surface area (Å²) in [6.45, 7) is 2.74. The number of rotatable bonds is 12. The van der Waals surface area contributed by atoms with E-state index < -0.39 is 49.4 Å². The van der Waals surface area contributed by atoms with Crippen molar-refractivity contribution in [1.82, 2.24) is 24.6 Å². The molecule has 3 heterocycles. The van der Waals surface area contributed by atoms with Gasteiger partial charge in [-0.05, 0) is 51.6 Å². The molecule has 4 rings (SSSR count). The molecule has 2 N–H and O–H groups in total. The number of aliphatic hydroxyl groups is 1. The second-order valence-corrected chi connectivity index (χ2v) is 13.8. The highest BCUT2D eigenvalue weighted by atomic mass is 35.5. The van der Waals surface area contributed by atoms with E-state index in [1.165, 1.54) is 10.9 Å². The predicted molar refractivity (Wildman–Crippen MR) is 160 cm³/mol. The Hall–Kier alpha value is -2.45. The third-order valence-electron chi connectivity index (χ3n) is 6.41. The Bertz CT molecular complexity index is 1450. The quantitative estimate of drug-likeness (QED) is 0.169.